The first-order chi connectivity index (χ1) is 12.2. The molecule has 1 N–H and O–H groups in total. The van der Waals surface area contributed by atoms with E-state index in [1.165, 1.54) is 25.8 Å². The number of nitrogens with zero attached hydrogens (tertiary/aromatic N) is 2. The lowest BCUT2D eigenvalue weighted by Crippen LogP contribution is -2.45. The molecule has 2 amide bonds. The molecular weight excluding hydrogens is 318 g/mol. The first-order valence-corrected chi connectivity index (χ1v) is 9.50. The van der Waals surface area contributed by atoms with Gasteiger partial charge in [-0.15, -0.1) is 0 Å². The standard InChI is InChI=1S/C19H29N3O3/c1-13-6-7-18(25-13)16(12-24-2)20-19(23)22-10-14-9-21-8-4-3-5-17(21)15(14)11-22/h6-7,14-17H,3-5,8-12H2,1-2H3,(H,20,23)/t14-,15-,16-,17-/m0/s1. The maximum Gasteiger partial charge on any atom is 0.318 e. The van der Waals surface area contributed by atoms with Crippen molar-refractivity contribution in [2.24, 2.45) is 11.8 Å². The summed E-state index contributed by atoms with van der Waals surface area (Å²) in [7, 11) is 1.65. The molecule has 3 saturated heterocycles. The van der Waals surface area contributed by atoms with Crippen LogP contribution in [0.25, 0.3) is 0 Å². The van der Waals surface area contributed by atoms with Crippen LogP contribution in [-0.4, -0.2) is 61.8 Å². The fourth-order valence-corrected chi connectivity index (χ4v) is 4.96. The Morgan fingerprint density at radius 3 is 3.00 bits per heavy atom. The molecule has 1 aromatic rings. The number of likely N-dealkylation sites (tertiary alicyclic amines) is 1. The Kier molecular flexibility index (Phi) is 4.73. The lowest BCUT2D eigenvalue weighted by atomic mass is 9.90. The van der Waals surface area contributed by atoms with Crippen molar-refractivity contribution in [1.29, 1.82) is 0 Å². The quantitative estimate of drug-likeness (QED) is 0.909. The molecule has 0 aromatic carbocycles. The molecule has 3 aliphatic heterocycles. The summed E-state index contributed by atoms with van der Waals surface area (Å²) >= 11 is 0. The summed E-state index contributed by atoms with van der Waals surface area (Å²) in [6, 6.07) is 4.30. The highest BCUT2D eigenvalue weighted by molar-refractivity contribution is 5.75. The average Bonchev–Trinajstić information content (AvgIpc) is 3.28. The van der Waals surface area contributed by atoms with Gasteiger partial charge < -0.3 is 19.4 Å². The number of hydrogen-bond donors (Lipinski definition) is 1. The van der Waals surface area contributed by atoms with E-state index >= 15 is 0 Å². The molecule has 3 fully saturated rings. The number of carbonyl (C=O) groups is 1. The highest BCUT2D eigenvalue weighted by Gasteiger charge is 2.48. The minimum atomic E-state index is -0.238. The monoisotopic (exact) mass is 347 g/mol. The van der Waals surface area contributed by atoms with Gasteiger partial charge in [0, 0.05) is 32.8 Å². The van der Waals surface area contributed by atoms with Crippen LogP contribution in [0.15, 0.2) is 16.5 Å². The van der Waals surface area contributed by atoms with Crippen LogP contribution in [0.5, 0.6) is 0 Å². The zero-order valence-corrected chi connectivity index (χ0v) is 15.2. The van der Waals surface area contributed by atoms with Gasteiger partial charge in [0.1, 0.15) is 17.6 Å². The van der Waals surface area contributed by atoms with Crippen LogP contribution in [0.4, 0.5) is 4.79 Å². The first-order valence-electron chi connectivity index (χ1n) is 9.50. The second kappa shape index (κ2) is 7.00. The normalized spacial score (nSPS) is 30.2. The molecule has 0 radical (unpaired) electrons. The van der Waals surface area contributed by atoms with Gasteiger partial charge >= 0.3 is 6.03 Å². The molecule has 4 heterocycles. The summed E-state index contributed by atoms with van der Waals surface area (Å²) in [4.78, 5) is 17.5. The van der Waals surface area contributed by atoms with Gasteiger partial charge in [0.05, 0.1) is 6.61 Å². The van der Waals surface area contributed by atoms with E-state index in [4.69, 9.17) is 9.15 Å². The fraction of sp³-hybridized carbons (Fsp3) is 0.737. The second-order valence-electron chi connectivity index (χ2n) is 7.79. The molecule has 4 rings (SSSR count). The number of hydrogen-bond acceptors (Lipinski definition) is 4. The highest BCUT2D eigenvalue weighted by atomic mass is 16.5. The molecule has 0 unspecified atom stereocenters. The van der Waals surface area contributed by atoms with E-state index in [2.05, 4.69) is 10.2 Å². The molecule has 6 heteroatoms. The van der Waals surface area contributed by atoms with Crippen LogP contribution in [0, 0.1) is 18.8 Å². The van der Waals surface area contributed by atoms with Crippen molar-refractivity contribution in [3.8, 4) is 0 Å². The molecule has 0 bridgehead atoms. The number of piperidine rings is 1. The molecule has 0 spiro atoms. The smallest absolute Gasteiger partial charge is 0.318 e. The topological polar surface area (TPSA) is 58.0 Å². The first kappa shape index (κ1) is 16.9. The van der Waals surface area contributed by atoms with Gasteiger partial charge in [0.25, 0.3) is 0 Å². The minimum Gasteiger partial charge on any atom is -0.464 e. The summed E-state index contributed by atoms with van der Waals surface area (Å²) in [6.07, 6.45) is 3.97. The summed E-state index contributed by atoms with van der Waals surface area (Å²) < 4.78 is 11.0. The number of urea groups is 1. The van der Waals surface area contributed by atoms with Crippen LogP contribution in [0.3, 0.4) is 0 Å². The predicted octanol–water partition coefficient (Wildman–Crippen LogP) is 2.40. The Morgan fingerprint density at radius 1 is 1.36 bits per heavy atom. The van der Waals surface area contributed by atoms with Crippen molar-refractivity contribution in [3.63, 3.8) is 0 Å². The van der Waals surface area contributed by atoms with Gasteiger partial charge in [-0.2, -0.15) is 0 Å². The van der Waals surface area contributed by atoms with Gasteiger partial charge in [0.15, 0.2) is 0 Å². The summed E-state index contributed by atoms with van der Waals surface area (Å²) in [5.74, 6) is 2.89. The van der Waals surface area contributed by atoms with E-state index in [-0.39, 0.29) is 12.1 Å². The summed E-state index contributed by atoms with van der Waals surface area (Å²) in [5, 5.41) is 3.11. The molecule has 0 aliphatic carbocycles. The number of amides is 2. The fourth-order valence-electron chi connectivity index (χ4n) is 4.96. The number of methoxy groups -OCH3 is 1. The lowest BCUT2D eigenvalue weighted by Gasteiger charge is -2.33. The predicted molar refractivity (Wildman–Crippen MR) is 94.4 cm³/mol. The molecular formula is C19H29N3O3. The molecule has 3 aliphatic rings. The number of rotatable bonds is 4. The van der Waals surface area contributed by atoms with Crippen molar-refractivity contribution >= 4 is 6.03 Å². The molecule has 25 heavy (non-hydrogen) atoms. The minimum absolute atomic E-state index is 0.00728. The van der Waals surface area contributed by atoms with Gasteiger partial charge in [-0.3, -0.25) is 4.90 Å². The van der Waals surface area contributed by atoms with Crippen LogP contribution in [-0.2, 0) is 4.74 Å². The van der Waals surface area contributed by atoms with E-state index in [9.17, 15) is 4.79 Å². The van der Waals surface area contributed by atoms with Crippen LogP contribution in [0.1, 0.15) is 36.8 Å². The van der Waals surface area contributed by atoms with E-state index < -0.39 is 0 Å². The van der Waals surface area contributed by atoms with E-state index in [1.807, 2.05) is 24.0 Å². The van der Waals surface area contributed by atoms with Crippen LogP contribution in [0.2, 0.25) is 0 Å². The Hall–Kier alpha value is -1.53. The van der Waals surface area contributed by atoms with Crippen molar-refractivity contribution in [1.82, 2.24) is 15.1 Å². The largest absolute Gasteiger partial charge is 0.464 e. The molecule has 4 atom stereocenters. The van der Waals surface area contributed by atoms with Crippen molar-refractivity contribution < 1.29 is 13.9 Å². The third-order valence-electron chi connectivity index (χ3n) is 6.14. The van der Waals surface area contributed by atoms with Crippen molar-refractivity contribution in [2.75, 3.05) is 39.9 Å². The average molecular weight is 347 g/mol. The zero-order chi connectivity index (χ0) is 17.4. The third kappa shape index (κ3) is 3.29. The van der Waals surface area contributed by atoms with Gasteiger partial charge in [-0.25, -0.2) is 4.79 Å². The Morgan fingerprint density at radius 2 is 2.24 bits per heavy atom. The Labute approximate surface area is 149 Å². The SMILES string of the molecule is COC[C@H](NC(=O)N1C[C@@H]2CN3CCCC[C@H]3[C@H]2C1)c1ccc(C)o1. The number of nitrogens with one attached hydrogen (secondary N) is 1. The summed E-state index contributed by atoms with van der Waals surface area (Å²) in [5.41, 5.74) is 0. The van der Waals surface area contributed by atoms with E-state index in [0.29, 0.717) is 24.5 Å². The zero-order valence-electron chi connectivity index (χ0n) is 15.2. The molecule has 1 aromatic heterocycles. The number of ether oxygens (including phenoxy) is 1. The van der Waals surface area contributed by atoms with Crippen molar-refractivity contribution in [3.05, 3.63) is 23.7 Å². The second-order valence-corrected chi connectivity index (χ2v) is 7.79. The van der Waals surface area contributed by atoms with Crippen molar-refractivity contribution in [2.45, 2.75) is 38.3 Å². The van der Waals surface area contributed by atoms with Crippen LogP contribution >= 0.6 is 0 Å². The van der Waals surface area contributed by atoms with E-state index in [0.717, 1.165) is 31.2 Å². The molecule has 6 nitrogen and oxygen atoms in total. The third-order valence-corrected chi connectivity index (χ3v) is 6.14. The number of fused-ring (bicyclic) bond motifs is 3. The van der Waals surface area contributed by atoms with Crippen LogP contribution < -0.4 is 5.32 Å². The maximum absolute atomic E-state index is 12.8. The van der Waals surface area contributed by atoms with Gasteiger partial charge in [-0.05, 0) is 50.3 Å². The number of aryl methyl sites for hydroxylation is 1. The maximum atomic E-state index is 12.8. The lowest BCUT2D eigenvalue weighted by molar-refractivity contribution is 0.139. The van der Waals surface area contributed by atoms with E-state index in [1.54, 1.807) is 7.11 Å². The Balaban J connectivity index is 1.38. The molecule has 138 valence electrons. The highest BCUT2D eigenvalue weighted by Crippen LogP contribution is 2.40. The number of furan rings is 1. The van der Waals surface area contributed by atoms with Gasteiger partial charge in [0.2, 0.25) is 0 Å². The molecule has 0 saturated carbocycles. The summed E-state index contributed by atoms with van der Waals surface area (Å²) in [6.45, 7) is 6.49. The Bertz CT molecular complexity index is 617. The van der Waals surface area contributed by atoms with Gasteiger partial charge in [-0.1, -0.05) is 6.42 Å². The number of carbonyl (C=O) groups excluding carboxylic acids is 1.